The summed E-state index contributed by atoms with van der Waals surface area (Å²) in [5, 5.41) is 2.82. The van der Waals surface area contributed by atoms with Gasteiger partial charge in [0.05, 0.1) is 23.1 Å². The molecule has 0 saturated heterocycles. The van der Waals surface area contributed by atoms with Crippen molar-refractivity contribution < 1.29 is 22.8 Å². The molecule has 178 valence electrons. The number of aromatic nitrogens is 1. The summed E-state index contributed by atoms with van der Waals surface area (Å²) in [5.41, 5.74) is 3.80. The molecule has 1 N–H and O–H groups in total. The number of hydrogen-bond acceptors (Lipinski definition) is 4. The van der Waals surface area contributed by atoms with Crippen molar-refractivity contribution in [3.63, 3.8) is 0 Å². The number of hydrogen-bond donors (Lipinski definition) is 1. The van der Waals surface area contributed by atoms with Crippen LogP contribution in [0.25, 0.3) is 6.08 Å². The average molecular weight is 495 g/mol. The molecule has 1 heterocycles. The number of alkyl halides is 3. The summed E-state index contributed by atoms with van der Waals surface area (Å²) in [6.45, 7) is 1.51. The fourth-order valence-electron chi connectivity index (χ4n) is 3.90. The third-order valence-corrected chi connectivity index (χ3v) is 5.94. The van der Waals surface area contributed by atoms with Gasteiger partial charge in [-0.2, -0.15) is 13.2 Å². The highest BCUT2D eigenvalue weighted by molar-refractivity contribution is 7.80. The zero-order chi connectivity index (χ0) is 25.2. The maximum atomic E-state index is 13.0. The number of amides is 1. The van der Waals surface area contributed by atoms with Gasteiger partial charge in [0, 0.05) is 35.3 Å². The van der Waals surface area contributed by atoms with Gasteiger partial charge in [0.2, 0.25) is 0 Å². The van der Waals surface area contributed by atoms with E-state index in [1.165, 1.54) is 13.0 Å². The van der Waals surface area contributed by atoms with Gasteiger partial charge < -0.3 is 5.32 Å². The van der Waals surface area contributed by atoms with E-state index in [2.05, 4.69) is 10.3 Å². The second-order valence-corrected chi connectivity index (χ2v) is 8.98. The van der Waals surface area contributed by atoms with Crippen LogP contribution in [-0.4, -0.2) is 21.5 Å². The summed E-state index contributed by atoms with van der Waals surface area (Å²) < 4.78 is 38.9. The lowest BCUT2D eigenvalue weighted by atomic mass is 10.0. The lowest BCUT2D eigenvalue weighted by Crippen LogP contribution is -2.13. The molecule has 0 spiro atoms. The van der Waals surface area contributed by atoms with Crippen LogP contribution in [0.3, 0.4) is 0 Å². The number of fused-ring (bicyclic) bond motifs is 1. The summed E-state index contributed by atoms with van der Waals surface area (Å²) in [6.07, 6.45) is 0.00691. The van der Waals surface area contributed by atoms with Gasteiger partial charge in [-0.3, -0.25) is 14.6 Å². The molecule has 0 atom stereocenters. The number of nitrogens with one attached hydrogen (secondary N) is 1. The zero-order valence-corrected chi connectivity index (χ0v) is 19.6. The fraction of sp³-hybridized carbons (Fsp3) is 0.185. The molecule has 0 unspecified atom stereocenters. The van der Waals surface area contributed by atoms with Crippen molar-refractivity contribution in [2.75, 3.05) is 5.32 Å². The van der Waals surface area contributed by atoms with Gasteiger partial charge in [-0.1, -0.05) is 42.5 Å². The Labute approximate surface area is 205 Å². The third kappa shape index (κ3) is 6.08. The van der Waals surface area contributed by atoms with Gasteiger partial charge in [-0.25, -0.2) is 0 Å². The minimum atomic E-state index is -4.40. The predicted molar refractivity (Wildman–Crippen MR) is 132 cm³/mol. The number of halogens is 3. The zero-order valence-electron chi connectivity index (χ0n) is 18.8. The van der Waals surface area contributed by atoms with E-state index in [0.29, 0.717) is 40.1 Å². The molecule has 4 rings (SSSR count). The van der Waals surface area contributed by atoms with Crippen molar-refractivity contribution in [1.82, 2.24) is 4.98 Å². The highest BCUT2D eigenvalue weighted by Gasteiger charge is 2.30. The number of pyridine rings is 1. The van der Waals surface area contributed by atoms with E-state index in [-0.39, 0.29) is 18.1 Å². The lowest BCUT2D eigenvalue weighted by molar-refractivity contribution is -0.137. The highest BCUT2D eigenvalue weighted by Crippen LogP contribution is 2.30. The maximum absolute atomic E-state index is 13.0. The number of carbonyl (C=O) groups excluding carboxylic acids is 2. The fourth-order valence-corrected chi connectivity index (χ4v) is 4.23. The number of rotatable bonds is 7. The van der Waals surface area contributed by atoms with Crippen molar-refractivity contribution in [2.24, 2.45) is 0 Å². The third-order valence-electron chi connectivity index (χ3n) is 5.65. The summed E-state index contributed by atoms with van der Waals surface area (Å²) in [7, 11) is 0. The number of nitrogens with zero attached hydrogens (tertiary/aromatic N) is 1. The molecule has 0 aliphatic heterocycles. The molecule has 0 radical (unpaired) electrons. The van der Waals surface area contributed by atoms with Crippen LogP contribution in [0.2, 0.25) is 0 Å². The number of allylic oxidation sites excluding steroid dienone is 1. The van der Waals surface area contributed by atoms with Crippen molar-refractivity contribution in [1.29, 1.82) is 0 Å². The molecule has 0 saturated carbocycles. The van der Waals surface area contributed by atoms with E-state index in [9.17, 15) is 22.8 Å². The van der Waals surface area contributed by atoms with E-state index < -0.39 is 11.7 Å². The number of anilines is 1. The van der Waals surface area contributed by atoms with Crippen molar-refractivity contribution in [3.05, 3.63) is 99.9 Å². The predicted octanol–water partition coefficient (Wildman–Crippen LogP) is 6.04. The van der Waals surface area contributed by atoms with E-state index in [1.807, 2.05) is 6.07 Å². The quantitative estimate of drug-likeness (QED) is 0.407. The van der Waals surface area contributed by atoms with Gasteiger partial charge in [0.25, 0.3) is 5.91 Å². The number of Topliss-reactive ketones (excluding diaryl/α,β-unsaturated/α-hetero) is 1. The van der Waals surface area contributed by atoms with Gasteiger partial charge >= 0.3 is 6.18 Å². The van der Waals surface area contributed by atoms with Crippen LogP contribution in [-0.2, 0) is 30.2 Å². The molecule has 2 aromatic carbocycles. The molecule has 1 aromatic heterocycles. The first-order valence-corrected chi connectivity index (χ1v) is 11.3. The van der Waals surface area contributed by atoms with E-state index >= 15 is 0 Å². The van der Waals surface area contributed by atoms with Gasteiger partial charge in [0.1, 0.15) is 0 Å². The van der Waals surface area contributed by atoms with Crippen LogP contribution in [0.1, 0.15) is 45.2 Å². The Morgan fingerprint density at radius 2 is 1.71 bits per heavy atom. The Morgan fingerprint density at radius 3 is 2.40 bits per heavy atom. The van der Waals surface area contributed by atoms with E-state index in [0.717, 1.165) is 29.0 Å². The Balaban J connectivity index is 1.41. The molecule has 3 aromatic rings. The molecule has 8 heteroatoms. The van der Waals surface area contributed by atoms with Crippen molar-refractivity contribution >= 4 is 40.5 Å². The molecule has 35 heavy (non-hydrogen) atoms. The van der Waals surface area contributed by atoms with Crippen LogP contribution < -0.4 is 5.32 Å². The van der Waals surface area contributed by atoms with Gasteiger partial charge in [-0.15, -0.1) is 0 Å². The smallest absolute Gasteiger partial charge is 0.321 e. The topological polar surface area (TPSA) is 59.1 Å². The molecular weight excluding hydrogens is 473 g/mol. The van der Waals surface area contributed by atoms with Gasteiger partial charge in [-0.05, 0) is 54.0 Å². The van der Waals surface area contributed by atoms with Crippen LogP contribution in [0, 0.1) is 0 Å². The van der Waals surface area contributed by atoms with Gasteiger partial charge in [0.15, 0.2) is 5.78 Å². The highest BCUT2D eigenvalue weighted by atomic mass is 32.1. The average Bonchev–Trinajstić information content (AvgIpc) is 3.23. The second kappa shape index (κ2) is 9.92. The van der Waals surface area contributed by atoms with Crippen molar-refractivity contribution in [2.45, 2.75) is 32.4 Å². The Hall–Kier alpha value is -3.65. The first-order chi connectivity index (χ1) is 16.6. The lowest BCUT2D eigenvalue weighted by Gasteiger charge is -2.10. The second-order valence-electron chi connectivity index (χ2n) is 8.41. The monoisotopic (exact) mass is 494 g/mol. The number of benzene rings is 2. The largest absolute Gasteiger partial charge is 0.416 e. The normalized spacial score (nSPS) is 12.6. The Bertz CT molecular complexity index is 1360. The minimum Gasteiger partial charge on any atom is -0.321 e. The first kappa shape index (κ1) is 24.5. The molecular formula is C27H21F3N2O2S. The standard InChI is InChI=1S/C27H21F3N2O2S/c1-16(33)20-12-21-13-23(15-31-25(21)14-20)32-26(34)19-6-2-4-17(8-19)10-24(35)11-18-5-3-7-22(9-18)27(28,29)30/h2-9,12-13,15H,10-11,14H2,1H3,(H,32,34). The molecule has 0 fully saturated rings. The Kier molecular flexibility index (Phi) is 6.93. The van der Waals surface area contributed by atoms with Crippen molar-refractivity contribution in [3.8, 4) is 0 Å². The maximum Gasteiger partial charge on any atom is 0.416 e. The number of carbonyl (C=O) groups is 2. The molecule has 0 bridgehead atoms. The van der Waals surface area contributed by atoms with Crippen LogP contribution >= 0.6 is 12.2 Å². The molecule has 1 aliphatic rings. The number of ketones is 1. The summed E-state index contributed by atoms with van der Waals surface area (Å²) in [6, 6.07) is 13.8. The summed E-state index contributed by atoms with van der Waals surface area (Å²) >= 11 is 5.42. The molecule has 1 amide bonds. The summed E-state index contributed by atoms with van der Waals surface area (Å²) in [4.78, 5) is 29.3. The van der Waals surface area contributed by atoms with Crippen LogP contribution in [0.5, 0.6) is 0 Å². The van der Waals surface area contributed by atoms with Crippen LogP contribution in [0.15, 0.2) is 66.4 Å². The van der Waals surface area contributed by atoms with E-state index in [1.54, 1.807) is 42.6 Å². The Morgan fingerprint density at radius 1 is 1.03 bits per heavy atom. The minimum absolute atomic E-state index is 0.00336. The molecule has 4 nitrogen and oxygen atoms in total. The van der Waals surface area contributed by atoms with E-state index in [4.69, 9.17) is 12.2 Å². The SMILES string of the molecule is CC(=O)C1=Cc2cc(NC(=O)c3cccc(CC(=S)Cc4cccc(C(F)(F)F)c4)c3)cnc2C1. The number of thiocarbonyl (C=S) groups is 1. The first-order valence-electron chi connectivity index (χ1n) is 10.9. The molecule has 1 aliphatic carbocycles. The summed E-state index contributed by atoms with van der Waals surface area (Å²) in [5.74, 6) is -0.331. The van der Waals surface area contributed by atoms with Crippen LogP contribution in [0.4, 0.5) is 18.9 Å².